The summed E-state index contributed by atoms with van der Waals surface area (Å²) in [5.74, 6) is -2.20. The minimum atomic E-state index is -5.24. The summed E-state index contributed by atoms with van der Waals surface area (Å²) in [5, 5.41) is 46.1. The zero-order valence-corrected chi connectivity index (χ0v) is 12.2. The molecule has 0 aliphatic rings. The molecule has 0 rings (SSSR count). The summed E-state index contributed by atoms with van der Waals surface area (Å²) in [6.07, 6.45) is -9.05. The van der Waals surface area contributed by atoms with Crippen molar-refractivity contribution in [3.8, 4) is 0 Å². The van der Waals surface area contributed by atoms with Gasteiger partial charge in [-0.15, -0.1) is 0 Å². The molecule has 10 nitrogen and oxygen atoms in total. The Balaban J connectivity index is 0. The van der Waals surface area contributed by atoms with Gasteiger partial charge in [0.05, 0.1) is 12.6 Å². The Hall–Kier alpha value is 0.420. The van der Waals surface area contributed by atoms with Gasteiger partial charge in [-0.25, -0.2) is 4.57 Å². The van der Waals surface area contributed by atoms with Crippen LogP contribution in [0.5, 0.6) is 0 Å². The molecule has 6 N–H and O–H groups in total. The molecule has 0 fully saturated rings. The molecule has 0 aromatic carbocycles. The van der Waals surface area contributed by atoms with Gasteiger partial charge in [0.2, 0.25) is 0 Å². The maximum absolute atomic E-state index is 10.4. The van der Waals surface area contributed by atoms with E-state index in [4.69, 9.17) is 25.1 Å². The minimum absolute atomic E-state index is 0. The van der Waals surface area contributed by atoms with Crippen molar-refractivity contribution in [1.82, 2.24) is 0 Å². The van der Waals surface area contributed by atoms with E-state index in [9.17, 15) is 19.6 Å². The van der Waals surface area contributed by atoms with Crippen LogP contribution in [-0.4, -0.2) is 67.2 Å². The molecule has 18 heavy (non-hydrogen) atoms. The second kappa shape index (κ2) is 8.56. The SMILES string of the molecule is O=C([O-])[C@H](OP(=O)(O)O)[C@@H](O)[C@H](O)[C@H](O)CO.[Na+]. The van der Waals surface area contributed by atoms with Gasteiger partial charge in [-0.1, -0.05) is 0 Å². The fourth-order valence-corrected chi connectivity index (χ4v) is 1.41. The Morgan fingerprint density at radius 1 is 1.22 bits per heavy atom. The summed E-state index contributed by atoms with van der Waals surface area (Å²) in [4.78, 5) is 27.2. The van der Waals surface area contributed by atoms with E-state index in [1.54, 1.807) is 0 Å². The molecule has 0 aliphatic heterocycles. The summed E-state index contributed by atoms with van der Waals surface area (Å²) in [6.45, 7) is -1.01. The molecule has 0 unspecified atom stereocenters. The smallest absolute Gasteiger partial charge is 0.547 e. The fourth-order valence-electron chi connectivity index (χ4n) is 0.907. The molecular weight excluding hydrogens is 286 g/mol. The molecule has 0 spiro atoms. The van der Waals surface area contributed by atoms with Gasteiger partial charge < -0.3 is 40.1 Å². The third-order valence-electron chi connectivity index (χ3n) is 1.72. The van der Waals surface area contributed by atoms with Gasteiger partial charge in [-0.05, 0) is 0 Å². The van der Waals surface area contributed by atoms with Crippen LogP contribution in [0, 0.1) is 0 Å². The average Bonchev–Trinajstić information content (AvgIpc) is 2.21. The van der Waals surface area contributed by atoms with Crippen molar-refractivity contribution in [2.24, 2.45) is 0 Å². The molecule has 0 aliphatic carbocycles. The number of aliphatic carboxylic acids is 1. The third kappa shape index (κ3) is 7.12. The van der Waals surface area contributed by atoms with E-state index in [-0.39, 0.29) is 29.6 Å². The molecule has 4 atom stereocenters. The summed E-state index contributed by atoms with van der Waals surface area (Å²) < 4.78 is 14.1. The van der Waals surface area contributed by atoms with Crippen LogP contribution in [0.3, 0.4) is 0 Å². The van der Waals surface area contributed by atoms with Crippen LogP contribution in [-0.2, 0) is 13.9 Å². The van der Waals surface area contributed by atoms with E-state index in [2.05, 4.69) is 4.52 Å². The maximum atomic E-state index is 10.4. The van der Waals surface area contributed by atoms with Gasteiger partial charge in [0.1, 0.15) is 24.4 Å². The fraction of sp³-hybridized carbons (Fsp3) is 0.833. The van der Waals surface area contributed by atoms with E-state index in [0.29, 0.717) is 0 Å². The van der Waals surface area contributed by atoms with Crippen LogP contribution in [0.4, 0.5) is 0 Å². The van der Waals surface area contributed by atoms with Crippen molar-refractivity contribution in [3.05, 3.63) is 0 Å². The van der Waals surface area contributed by atoms with Crippen molar-refractivity contribution in [2.45, 2.75) is 24.4 Å². The first-order valence-corrected chi connectivity index (χ1v) is 5.73. The molecule has 0 saturated heterocycles. The normalized spacial score (nSPS) is 18.3. The van der Waals surface area contributed by atoms with E-state index in [1.807, 2.05) is 0 Å². The number of phosphoric ester groups is 1. The van der Waals surface area contributed by atoms with Gasteiger partial charge in [0.15, 0.2) is 0 Å². The molecule has 0 aromatic rings. The predicted octanol–water partition coefficient (Wildman–Crippen LogP) is -7.71. The van der Waals surface area contributed by atoms with Gasteiger partial charge in [0, 0.05) is 0 Å². The zero-order chi connectivity index (χ0) is 13.8. The standard InChI is InChI=1S/C6H13O10P.Na/c7-1-2(8)3(9)4(10)5(6(11)12)16-17(13,14)15;/h2-5,7-10H,1H2,(H,11,12)(H2,13,14,15);/q;+1/p-1/t2-,3-,4+,5-;/m1./s1. The van der Waals surface area contributed by atoms with E-state index < -0.39 is 44.8 Å². The van der Waals surface area contributed by atoms with Crippen molar-refractivity contribution in [1.29, 1.82) is 0 Å². The van der Waals surface area contributed by atoms with Crippen molar-refractivity contribution in [3.63, 3.8) is 0 Å². The number of hydrogen-bond donors (Lipinski definition) is 6. The number of hydrogen-bond acceptors (Lipinski definition) is 8. The first-order valence-electron chi connectivity index (χ1n) is 4.20. The number of carbonyl (C=O) groups excluding carboxylic acids is 1. The maximum Gasteiger partial charge on any atom is 1.00 e. The van der Waals surface area contributed by atoms with Crippen molar-refractivity contribution in [2.75, 3.05) is 6.61 Å². The average molecular weight is 298 g/mol. The Morgan fingerprint density at radius 2 is 1.67 bits per heavy atom. The molecule has 102 valence electrons. The van der Waals surface area contributed by atoms with Crippen LogP contribution in [0.1, 0.15) is 0 Å². The number of carboxylic acids is 1. The molecule has 0 heterocycles. The number of phosphoric acid groups is 1. The molecule has 0 radical (unpaired) electrons. The quantitative estimate of drug-likeness (QED) is 0.194. The molecule has 0 amide bonds. The monoisotopic (exact) mass is 298 g/mol. The Kier molecular flexibility index (Phi) is 9.86. The van der Waals surface area contributed by atoms with Gasteiger partial charge in [0.25, 0.3) is 0 Å². The zero-order valence-electron chi connectivity index (χ0n) is 9.28. The molecule has 0 bridgehead atoms. The Bertz CT molecular complexity index is 305. The predicted molar refractivity (Wildman–Crippen MR) is 47.0 cm³/mol. The summed E-state index contributed by atoms with van der Waals surface area (Å²) >= 11 is 0. The molecule has 12 heteroatoms. The Labute approximate surface area is 123 Å². The summed E-state index contributed by atoms with van der Waals surface area (Å²) in [5.41, 5.74) is 0. The number of carboxylic acid groups (broad SMARTS) is 1. The second-order valence-corrected chi connectivity index (χ2v) is 4.26. The van der Waals surface area contributed by atoms with Crippen molar-refractivity contribution < 1.29 is 78.8 Å². The first kappa shape index (κ1) is 20.7. The molecular formula is C6H12NaO10P. The molecule has 0 aromatic heterocycles. The van der Waals surface area contributed by atoms with Gasteiger partial charge >= 0.3 is 37.4 Å². The number of aliphatic hydroxyl groups is 4. The summed E-state index contributed by atoms with van der Waals surface area (Å²) in [6, 6.07) is 0. The summed E-state index contributed by atoms with van der Waals surface area (Å²) in [7, 11) is -5.24. The van der Waals surface area contributed by atoms with Crippen LogP contribution in [0.2, 0.25) is 0 Å². The third-order valence-corrected chi connectivity index (χ3v) is 2.23. The van der Waals surface area contributed by atoms with Crippen LogP contribution < -0.4 is 34.7 Å². The minimum Gasteiger partial charge on any atom is -0.547 e. The Morgan fingerprint density at radius 3 is 1.94 bits per heavy atom. The number of rotatable bonds is 7. The van der Waals surface area contributed by atoms with E-state index >= 15 is 0 Å². The van der Waals surface area contributed by atoms with E-state index in [0.717, 1.165) is 0 Å². The van der Waals surface area contributed by atoms with Crippen molar-refractivity contribution >= 4 is 13.8 Å². The van der Waals surface area contributed by atoms with Gasteiger partial charge in [-0.3, -0.25) is 4.52 Å². The second-order valence-electron chi connectivity index (χ2n) is 3.07. The first-order chi connectivity index (χ1) is 7.60. The van der Waals surface area contributed by atoms with E-state index in [1.165, 1.54) is 0 Å². The largest absolute Gasteiger partial charge is 1.00 e. The van der Waals surface area contributed by atoms with Crippen LogP contribution in [0.15, 0.2) is 0 Å². The van der Waals surface area contributed by atoms with Gasteiger partial charge in [-0.2, -0.15) is 0 Å². The topological polar surface area (TPSA) is 188 Å². The number of carbonyl (C=O) groups is 1. The molecule has 0 saturated carbocycles. The van der Waals surface area contributed by atoms with Crippen LogP contribution >= 0.6 is 7.82 Å². The van der Waals surface area contributed by atoms with Crippen LogP contribution in [0.25, 0.3) is 0 Å². The number of aliphatic hydroxyl groups excluding tert-OH is 4.